The number of hydrogen-bond acceptors (Lipinski definition) is 4. The molecule has 22 heavy (non-hydrogen) atoms. The highest BCUT2D eigenvalue weighted by molar-refractivity contribution is 5.15. The van der Waals surface area contributed by atoms with Crippen molar-refractivity contribution in [1.82, 2.24) is 9.80 Å². The van der Waals surface area contributed by atoms with Gasteiger partial charge in [-0.05, 0) is 18.6 Å². The Bertz CT molecular complexity index is 442. The molecule has 1 saturated heterocycles. The van der Waals surface area contributed by atoms with Gasteiger partial charge in [0.05, 0.1) is 26.4 Å². The molecule has 0 spiro atoms. The van der Waals surface area contributed by atoms with Crippen LogP contribution in [0.2, 0.25) is 0 Å². The van der Waals surface area contributed by atoms with Crippen molar-refractivity contribution in [3.63, 3.8) is 0 Å². The van der Waals surface area contributed by atoms with Crippen molar-refractivity contribution in [3.05, 3.63) is 47.7 Å². The average molecular weight is 304 g/mol. The number of benzene rings is 1. The van der Waals surface area contributed by atoms with Crippen LogP contribution in [0.15, 0.2) is 42.1 Å². The number of nitrogens with zero attached hydrogens (tertiary/aromatic N) is 2. The molecule has 0 amide bonds. The smallest absolute Gasteiger partial charge is 0.0667 e. The van der Waals surface area contributed by atoms with Crippen molar-refractivity contribution < 1.29 is 9.47 Å². The second kappa shape index (κ2) is 9.62. The van der Waals surface area contributed by atoms with E-state index in [2.05, 4.69) is 60.2 Å². The topological polar surface area (TPSA) is 24.9 Å². The summed E-state index contributed by atoms with van der Waals surface area (Å²) in [6, 6.07) is 10.5. The molecule has 1 aliphatic heterocycles. The highest BCUT2D eigenvalue weighted by atomic mass is 16.5. The molecule has 0 unspecified atom stereocenters. The standard InChI is InChI=1S/C18H28N2O2/c1-17(19(2)16-18-6-4-3-5-7-18)8-12-21-13-9-20-10-14-22-15-11-20/h3-8H,9-16H2,1-2H3/b17-8-. The third-order valence-electron chi connectivity index (χ3n) is 4.02. The van der Waals surface area contributed by atoms with Crippen molar-refractivity contribution in [2.24, 2.45) is 0 Å². The monoisotopic (exact) mass is 304 g/mol. The molecule has 0 N–H and O–H groups in total. The van der Waals surface area contributed by atoms with E-state index in [0.29, 0.717) is 6.61 Å². The van der Waals surface area contributed by atoms with Crippen LogP contribution in [0.25, 0.3) is 0 Å². The average Bonchev–Trinajstić information content (AvgIpc) is 2.56. The highest BCUT2D eigenvalue weighted by Crippen LogP contribution is 2.08. The van der Waals surface area contributed by atoms with Crippen molar-refractivity contribution in [3.8, 4) is 0 Å². The Hall–Kier alpha value is -1.36. The summed E-state index contributed by atoms with van der Waals surface area (Å²) in [7, 11) is 2.12. The van der Waals surface area contributed by atoms with Crippen LogP contribution in [-0.2, 0) is 16.0 Å². The lowest BCUT2D eigenvalue weighted by molar-refractivity contribution is 0.0233. The Labute approximate surface area is 134 Å². The van der Waals surface area contributed by atoms with Crippen LogP contribution >= 0.6 is 0 Å². The summed E-state index contributed by atoms with van der Waals surface area (Å²) in [6.07, 6.45) is 2.16. The summed E-state index contributed by atoms with van der Waals surface area (Å²) < 4.78 is 11.1. The number of allylic oxidation sites excluding steroid dienone is 1. The minimum Gasteiger partial charge on any atom is -0.379 e. The molecule has 0 bridgehead atoms. The molecule has 0 saturated carbocycles. The SMILES string of the molecule is C/C(=C/COCCN1CCOCC1)N(C)Cc1ccccc1. The quantitative estimate of drug-likeness (QED) is 0.689. The van der Waals surface area contributed by atoms with Crippen molar-refractivity contribution in [2.45, 2.75) is 13.5 Å². The summed E-state index contributed by atoms with van der Waals surface area (Å²) in [5.74, 6) is 0. The van der Waals surface area contributed by atoms with Gasteiger partial charge in [-0.3, -0.25) is 4.90 Å². The van der Waals surface area contributed by atoms with Crippen LogP contribution in [0.1, 0.15) is 12.5 Å². The second-order valence-corrected chi connectivity index (χ2v) is 5.72. The van der Waals surface area contributed by atoms with Gasteiger partial charge in [-0.15, -0.1) is 0 Å². The van der Waals surface area contributed by atoms with Crippen LogP contribution in [0.3, 0.4) is 0 Å². The molecule has 4 nitrogen and oxygen atoms in total. The number of ether oxygens (including phenoxy) is 2. The van der Waals surface area contributed by atoms with Gasteiger partial charge in [-0.1, -0.05) is 30.3 Å². The Kier molecular flexibility index (Phi) is 7.43. The number of rotatable bonds is 8. The zero-order chi connectivity index (χ0) is 15.6. The maximum Gasteiger partial charge on any atom is 0.0667 e. The van der Waals surface area contributed by atoms with E-state index < -0.39 is 0 Å². The molecule has 4 heteroatoms. The van der Waals surface area contributed by atoms with Gasteiger partial charge < -0.3 is 14.4 Å². The fourth-order valence-electron chi connectivity index (χ4n) is 2.42. The highest BCUT2D eigenvalue weighted by Gasteiger charge is 2.09. The predicted octanol–water partition coefficient (Wildman–Crippen LogP) is 2.37. The summed E-state index contributed by atoms with van der Waals surface area (Å²) in [5, 5.41) is 0. The first-order valence-corrected chi connectivity index (χ1v) is 8.05. The van der Waals surface area contributed by atoms with E-state index >= 15 is 0 Å². The lowest BCUT2D eigenvalue weighted by Crippen LogP contribution is -2.38. The zero-order valence-electron chi connectivity index (χ0n) is 13.8. The molecule has 0 aromatic heterocycles. The lowest BCUT2D eigenvalue weighted by Gasteiger charge is -2.26. The summed E-state index contributed by atoms with van der Waals surface area (Å²) in [5.41, 5.74) is 2.57. The minimum atomic E-state index is 0.676. The summed E-state index contributed by atoms with van der Waals surface area (Å²) >= 11 is 0. The zero-order valence-corrected chi connectivity index (χ0v) is 13.8. The largest absolute Gasteiger partial charge is 0.379 e. The second-order valence-electron chi connectivity index (χ2n) is 5.72. The Morgan fingerprint density at radius 3 is 2.73 bits per heavy atom. The first kappa shape index (κ1) is 17.0. The van der Waals surface area contributed by atoms with Gasteiger partial charge in [0.2, 0.25) is 0 Å². The van der Waals surface area contributed by atoms with Crippen molar-refractivity contribution in [2.75, 3.05) is 53.1 Å². The predicted molar refractivity (Wildman–Crippen MR) is 89.7 cm³/mol. The molecule has 1 heterocycles. The molecule has 1 aliphatic rings. The van der Waals surface area contributed by atoms with Crippen LogP contribution < -0.4 is 0 Å². The maximum atomic E-state index is 5.72. The number of hydrogen-bond donors (Lipinski definition) is 0. The normalized spacial score (nSPS) is 16.7. The van der Waals surface area contributed by atoms with Crippen LogP contribution in [-0.4, -0.2) is 62.9 Å². The van der Waals surface area contributed by atoms with E-state index in [4.69, 9.17) is 9.47 Å². The molecule has 0 aliphatic carbocycles. The van der Waals surface area contributed by atoms with E-state index in [1.165, 1.54) is 11.3 Å². The molecule has 1 aromatic rings. The maximum absolute atomic E-state index is 5.72. The molecule has 0 radical (unpaired) electrons. The van der Waals surface area contributed by atoms with Gasteiger partial charge in [-0.25, -0.2) is 0 Å². The minimum absolute atomic E-state index is 0.676. The molecular weight excluding hydrogens is 276 g/mol. The van der Waals surface area contributed by atoms with Crippen LogP contribution in [0.5, 0.6) is 0 Å². The van der Waals surface area contributed by atoms with E-state index in [1.54, 1.807) is 0 Å². The van der Waals surface area contributed by atoms with E-state index in [-0.39, 0.29) is 0 Å². The first-order chi connectivity index (χ1) is 10.8. The van der Waals surface area contributed by atoms with Gasteiger partial charge in [0.1, 0.15) is 0 Å². The molecular formula is C18H28N2O2. The first-order valence-electron chi connectivity index (χ1n) is 8.05. The molecule has 122 valence electrons. The lowest BCUT2D eigenvalue weighted by atomic mass is 10.2. The van der Waals surface area contributed by atoms with Crippen molar-refractivity contribution in [1.29, 1.82) is 0 Å². The molecule has 2 rings (SSSR count). The molecule has 1 fully saturated rings. The van der Waals surface area contributed by atoms with Crippen molar-refractivity contribution >= 4 is 0 Å². The van der Waals surface area contributed by atoms with Crippen LogP contribution in [0, 0.1) is 0 Å². The Morgan fingerprint density at radius 1 is 1.27 bits per heavy atom. The third-order valence-corrected chi connectivity index (χ3v) is 4.02. The van der Waals surface area contributed by atoms with Gasteiger partial charge in [0.15, 0.2) is 0 Å². The van der Waals surface area contributed by atoms with Gasteiger partial charge in [0.25, 0.3) is 0 Å². The molecule has 0 atom stereocenters. The summed E-state index contributed by atoms with van der Waals surface area (Å²) in [4.78, 5) is 4.64. The number of morpholine rings is 1. The Balaban J connectivity index is 1.62. The van der Waals surface area contributed by atoms with E-state index in [1.807, 2.05) is 0 Å². The molecule has 1 aromatic carbocycles. The van der Waals surface area contributed by atoms with E-state index in [0.717, 1.165) is 46.0 Å². The Morgan fingerprint density at radius 2 is 2.00 bits per heavy atom. The fraction of sp³-hybridized carbons (Fsp3) is 0.556. The van der Waals surface area contributed by atoms with Crippen LogP contribution in [0.4, 0.5) is 0 Å². The van der Waals surface area contributed by atoms with Gasteiger partial charge in [-0.2, -0.15) is 0 Å². The van der Waals surface area contributed by atoms with E-state index in [9.17, 15) is 0 Å². The third kappa shape index (κ3) is 6.18. The summed E-state index contributed by atoms with van der Waals surface area (Å²) in [6.45, 7) is 9.27. The fourth-order valence-corrected chi connectivity index (χ4v) is 2.42. The van der Waals surface area contributed by atoms with Gasteiger partial charge in [0, 0.05) is 38.9 Å². The van der Waals surface area contributed by atoms with Gasteiger partial charge >= 0.3 is 0 Å².